The first kappa shape index (κ1) is 9.02. The van der Waals surface area contributed by atoms with Crippen molar-refractivity contribution < 1.29 is 8.78 Å². The van der Waals surface area contributed by atoms with Gasteiger partial charge in [0.25, 0.3) is 0 Å². The van der Waals surface area contributed by atoms with Crippen molar-refractivity contribution in [3.8, 4) is 11.4 Å². The Bertz CT molecular complexity index is 642. The van der Waals surface area contributed by atoms with Crippen LogP contribution in [0, 0.1) is 11.6 Å². The Labute approximate surface area is 88.3 Å². The molecule has 0 saturated carbocycles. The van der Waals surface area contributed by atoms with Crippen molar-refractivity contribution in [2.24, 2.45) is 0 Å². The predicted molar refractivity (Wildman–Crippen MR) is 53.6 cm³/mol. The minimum Gasteiger partial charge on any atom is -0.338 e. The lowest BCUT2D eigenvalue weighted by molar-refractivity contribution is 0.515. The Morgan fingerprint density at radius 1 is 1.19 bits per heavy atom. The predicted octanol–water partition coefficient (Wildman–Crippen LogP) is 2.23. The van der Waals surface area contributed by atoms with Crippen LogP contribution in [0.4, 0.5) is 8.78 Å². The minimum absolute atomic E-state index is 0.00352. The molecule has 0 aliphatic heterocycles. The van der Waals surface area contributed by atoms with Gasteiger partial charge < -0.3 is 4.98 Å². The van der Waals surface area contributed by atoms with Crippen molar-refractivity contribution in [1.82, 2.24) is 20.2 Å². The third kappa shape index (κ3) is 1.19. The van der Waals surface area contributed by atoms with Crippen LogP contribution in [0.15, 0.2) is 24.5 Å². The molecule has 0 aliphatic rings. The number of hydrogen-bond donors (Lipinski definition) is 2. The van der Waals surface area contributed by atoms with Gasteiger partial charge in [0.1, 0.15) is 11.3 Å². The van der Waals surface area contributed by atoms with Crippen LogP contribution in [-0.2, 0) is 0 Å². The highest BCUT2D eigenvalue weighted by atomic mass is 19.2. The van der Waals surface area contributed by atoms with E-state index in [4.69, 9.17) is 0 Å². The van der Waals surface area contributed by atoms with E-state index < -0.39 is 11.6 Å². The maximum Gasteiger partial charge on any atom is 0.186 e. The van der Waals surface area contributed by atoms with Crippen LogP contribution in [-0.4, -0.2) is 20.2 Å². The van der Waals surface area contributed by atoms with Crippen LogP contribution in [0.5, 0.6) is 0 Å². The van der Waals surface area contributed by atoms with E-state index in [2.05, 4.69) is 20.2 Å². The normalized spacial score (nSPS) is 11.1. The second-order valence-electron chi connectivity index (χ2n) is 3.33. The molecule has 2 heterocycles. The topological polar surface area (TPSA) is 57.4 Å². The summed E-state index contributed by atoms with van der Waals surface area (Å²) in [6.45, 7) is 0. The van der Waals surface area contributed by atoms with Gasteiger partial charge in [0, 0.05) is 6.20 Å². The number of rotatable bonds is 1. The van der Waals surface area contributed by atoms with Gasteiger partial charge >= 0.3 is 0 Å². The fourth-order valence-corrected chi connectivity index (χ4v) is 1.53. The lowest BCUT2D eigenvalue weighted by atomic mass is 10.3. The number of H-pyrrole nitrogens is 2. The minimum atomic E-state index is -0.941. The number of benzene rings is 1. The number of nitrogens with zero attached hydrogens (tertiary/aromatic N) is 2. The monoisotopic (exact) mass is 220 g/mol. The molecular formula is C10H6F2N4. The van der Waals surface area contributed by atoms with E-state index in [1.54, 1.807) is 12.4 Å². The molecule has 0 atom stereocenters. The van der Waals surface area contributed by atoms with Crippen LogP contribution in [0.2, 0.25) is 0 Å². The first-order valence-corrected chi connectivity index (χ1v) is 4.58. The Morgan fingerprint density at radius 2 is 2.06 bits per heavy atom. The fourth-order valence-electron chi connectivity index (χ4n) is 1.53. The highest BCUT2D eigenvalue weighted by Crippen LogP contribution is 2.22. The SMILES string of the molecule is Fc1ccc2[nH]c(-c3cn[nH]c3)nc2c1F. The van der Waals surface area contributed by atoms with Gasteiger partial charge in [0.2, 0.25) is 0 Å². The maximum atomic E-state index is 13.4. The molecule has 0 saturated heterocycles. The summed E-state index contributed by atoms with van der Waals surface area (Å²) in [4.78, 5) is 6.87. The van der Waals surface area contributed by atoms with Crippen molar-refractivity contribution in [3.63, 3.8) is 0 Å². The molecular weight excluding hydrogens is 214 g/mol. The van der Waals surface area contributed by atoms with E-state index in [1.807, 2.05) is 0 Å². The largest absolute Gasteiger partial charge is 0.338 e. The maximum absolute atomic E-state index is 13.4. The molecule has 0 radical (unpaired) electrons. The number of aromatic nitrogens is 4. The van der Waals surface area contributed by atoms with Gasteiger partial charge in [0.15, 0.2) is 11.6 Å². The molecule has 6 heteroatoms. The van der Waals surface area contributed by atoms with E-state index >= 15 is 0 Å². The van der Waals surface area contributed by atoms with Crippen LogP contribution >= 0.6 is 0 Å². The van der Waals surface area contributed by atoms with E-state index in [0.29, 0.717) is 16.9 Å². The molecule has 4 nitrogen and oxygen atoms in total. The molecule has 80 valence electrons. The Morgan fingerprint density at radius 3 is 2.81 bits per heavy atom. The molecule has 0 fully saturated rings. The lowest BCUT2D eigenvalue weighted by Gasteiger charge is -1.91. The molecule has 0 amide bonds. The van der Waals surface area contributed by atoms with E-state index in [1.165, 1.54) is 6.07 Å². The molecule has 2 aromatic heterocycles. The molecule has 16 heavy (non-hydrogen) atoms. The molecule has 3 rings (SSSR count). The second kappa shape index (κ2) is 3.13. The number of hydrogen-bond acceptors (Lipinski definition) is 2. The molecule has 0 unspecified atom stereocenters. The summed E-state index contributed by atoms with van der Waals surface area (Å²) < 4.78 is 26.3. The first-order valence-electron chi connectivity index (χ1n) is 4.58. The van der Waals surface area contributed by atoms with Crippen LogP contribution < -0.4 is 0 Å². The molecule has 3 aromatic rings. The van der Waals surface area contributed by atoms with E-state index in [-0.39, 0.29) is 5.52 Å². The summed E-state index contributed by atoms with van der Waals surface area (Å²) in [6.07, 6.45) is 3.16. The van der Waals surface area contributed by atoms with Gasteiger partial charge in [-0.05, 0) is 12.1 Å². The smallest absolute Gasteiger partial charge is 0.186 e. The zero-order valence-electron chi connectivity index (χ0n) is 7.96. The van der Waals surface area contributed by atoms with Gasteiger partial charge in [0.05, 0.1) is 17.3 Å². The number of fused-ring (bicyclic) bond motifs is 1. The first-order chi connectivity index (χ1) is 7.75. The van der Waals surface area contributed by atoms with Gasteiger partial charge in [-0.3, -0.25) is 5.10 Å². The Balaban J connectivity index is 2.28. The van der Waals surface area contributed by atoms with E-state index in [9.17, 15) is 8.78 Å². The number of aromatic amines is 2. The highest BCUT2D eigenvalue weighted by molar-refractivity contribution is 5.79. The third-order valence-electron chi connectivity index (χ3n) is 2.32. The molecule has 0 aliphatic carbocycles. The van der Waals surface area contributed by atoms with Crippen molar-refractivity contribution in [2.75, 3.05) is 0 Å². The van der Waals surface area contributed by atoms with Crippen molar-refractivity contribution in [1.29, 1.82) is 0 Å². The van der Waals surface area contributed by atoms with Crippen LogP contribution in [0.25, 0.3) is 22.4 Å². The average Bonchev–Trinajstić information content (AvgIpc) is 2.91. The summed E-state index contributed by atoms with van der Waals surface area (Å²) >= 11 is 0. The summed E-state index contributed by atoms with van der Waals surface area (Å²) in [6, 6.07) is 2.51. The molecule has 0 spiro atoms. The molecule has 0 bridgehead atoms. The van der Waals surface area contributed by atoms with Gasteiger partial charge in [-0.15, -0.1) is 0 Å². The quantitative estimate of drug-likeness (QED) is 0.660. The van der Waals surface area contributed by atoms with Gasteiger partial charge in [-0.2, -0.15) is 5.10 Å². The summed E-state index contributed by atoms with van der Waals surface area (Å²) in [5.74, 6) is -1.39. The summed E-state index contributed by atoms with van der Waals surface area (Å²) in [7, 11) is 0. The standard InChI is InChI=1S/C10H6F2N4/c11-6-1-2-7-9(8(6)12)16-10(15-7)5-3-13-14-4-5/h1-4H,(H,13,14)(H,15,16). The van der Waals surface area contributed by atoms with Crippen LogP contribution in [0.3, 0.4) is 0 Å². The number of halogens is 2. The lowest BCUT2D eigenvalue weighted by Crippen LogP contribution is -1.84. The summed E-state index contributed by atoms with van der Waals surface area (Å²) in [5.41, 5.74) is 1.14. The molecule has 2 N–H and O–H groups in total. The third-order valence-corrected chi connectivity index (χ3v) is 2.32. The van der Waals surface area contributed by atoms with Crippen molar-refractivity contribution in [3.05, 3.63) is 36.2 Å². The summed E-state index contributed by atoms with van der Waals surface area (Å²) in [5, 5.41) is 6.38. The van der Waals surface area contributed by atoms with Gasteiger partial charge in [-0.1, -0.05) is 0 Å². The highest BCUT2D eigenvalue weighted by Gasteiger charge is 2.12. The van der Waals surface area contributed by atoms with Gasteiger partial charge in [-0.25, -0.2) is 13.8 Å². The molecule has 1 aromatic carbocycles. The fraction of sp³-hybridized carbons (Fsp3) is 0. The Hall–Kier alpha value is -2.24. The van der Waals surface area contributed by atoms with Crippen LogP contribution in [0.1, 0.15) is 0 Å². The van der Waals surface area contributed by atoms with E-state index in [0.717, 1.165) is 6.07 Å². The van der Waals surface area contributed by atoms with Crippen molar-refractivity contribution >= 4 is 11.0 Å². The van der Waals surface area contributed by atoms with Crippen molar-refractivity contribution in [2.45, 2.75) is 0 Å². The Kier molecular flexibility index (Phi) is 1.76. The zero-order chi connectivity index (χ0) is 11.1. The average molecular weight is 220 g/mol. The number of imidazole rings is 1. The zero-order valence-corrected chi connectivity index (χ0v) is 7.96. The number of nitrogens with one attached hydrogen (secondary N) is 2. The second-order valence-corrected chi connectivity index (χ2v) is 3.33.